The fraction of sp³-hybridized carbons (Fsp3) is 0.538. The molecule has 2 rings (SSSR count). The molecular formula is C13H17FO3. The first kappa shape index (κ1) is 12.2. The molecular weight excluding hydrogens is 223 g/mol. The van der Waals surface area contributed by atoms with E-state index in [2.05, 4.69) is 0 Å². The third-order valence-corrected chi connectivity index (χ3v) is 3.18. The predicted octanol–water partition coefficient (Wildman–Crippen LogP) is 2.68. The number of ether oxygens (including phenoxy) is 2. The molecule has 1 unspecified atom stereocenters. The normalized spacial score (nSPS) is 17.6. The maximum Gasteiger partial charge on any atom is 0.197 e. The minimum Gasteiger partial charge on any atom is -0.486 e. The van der Waals surface area contributed by atoms with E-state index in [-0.39, 0.29) is 17.2 Å². The summed E-state index contributed by atoms with van der Waals surface area (Å²) in [4.78, 5) is 0. The SMILES string of the molecule is CC[C@@H](C)C(O)c1ccc2c(c1F)OCCO2. The summed E-state index contributed by atoms with van der Waals surface area (Å²) < 4.78 is 24.7. The number of hydrogen-bond acceptors (Lipinski definition) is 3. The van der Waals surface area contributed by atoms with Crippen LogP contribution in [0.1, 0.15) is 31.9 Å². The van der Waals surface area contributed by atoms with E-state index in [1.165, 1.54) is 0 Å². The summed E-state index contributed by atoms with van der Waals surface area (Å²) in [6.07, 6.45) is -0.0227. The topological polar surface area (TPSA) is 38.7 Å². The minimum atomic E-state index is -0.809. The van der Waals surface area contributed by atoms with Crippen LogP contribution in [-0.4, -0.2) is 18.3 Å². The first-order valence-corrected chi connectivity index (χ1v) is 5.91. The van der Waals surface area contributed by atoms with E-state index >= 15 is 0 Å². The molecule has 1 aliphatic rings. The molecule has 0 spiro atoms. The number of aliphatic hydroxyl groups excluding tert-OH is 1. The zero-order valence-electron chi connectivity index (χ0n) is 10.1. The quantitative estimate of drug-likeness (QED) is 0.882. The second-order valence-electron chi connectivity index (χ2n) is 4.32. The molecule has 1 aromatic carbocycles. The van der Waals surface area contributed by atoms with Crippen molar-refractivity contribution in [3.05, 3.63) is 23.5 Å². The summed E-state index contributed by atoms with van der Waals surface area (Å²) in [6, 6.07) is 3.22. The molecule has 0 saturated carbocycles. The van der Waals surface area contributed by atoms with Gasteiger partial charge in [0.25, 0.3) is 0 Å². The van der Waals surface area contributed by atoms with Gasteiger partial charge in [-0.1, -0.05) is 20.3 Å². The predicted molar refractivity (Wildman–Crippen MR) is 61.8 cm³/mol. The molecule has 0 aromatic heterocycles. The van der Waals surface area contributed by atoms with Crippen molar-refractivity contribution in [3.63, 3.8) is 0 Å². The van der Waals surface area contributed by atoms with Gasteiger partial charge in [-0.25, -0.2) is 4.39 Å². The Morgan fingerprint density at radius 3 is 2.76 bits per heavy atom. The van der Waals surface area contributed by atoms with Crippen LogP contribution in [0.15, 0.2) is 12.1 Å². The van der Waals surface area contributed by atoms with Crippen LogP contribution in [0.2, 0.25) is 0 Å². The Kier molecular flexibility index (Phi) is 3.52. The zero-order chi connectivity index (χ0) is 12.4. The van der Waals surface area contributed by atoms with E-state index in [4.69, 9.17) is 9.47 Å². The second-order valence-corrected chi connectivity index (χ2v) is 4.32. The molecule has 3 nitrogen and oxygen atoms in total. The van der Waals surface area contributed by atoms with Crippen molar-refractivity contribution in [3.8, 4) is 11.5 Å². The maximum absolute atomic E-state index is 14.1. The summed E-state index contributed by atoms with van der Waals surface area (Å²) in [5.41, 5.74) is 0.281. The standard InChI is InChI=1S/C13H17FO3/c1-3-8(2)12(15)9-4-5-10-13(11(9)14)17-7-6-16-10/h4-5,8,12,15H,3,6-7H2,1-2H3/t8-,12?/m1/s1. The summed E-state index contributed by atoms with van der Waals surface area (Å²) in [5, 5.41) is 10.0. The van der Waals surface area contributed by atoms with Crippen LogP contribution >= 0.6 is 0 Å². The van der Waals surface area contributed by atoms with Gasteiger partial charge in [0, 0.05) is 5.56 Å². The van der Waals surface area contributed by atoms with Crippen LogP contribution in [0.5, 0.6) is 11.5 Å². The lowest BCUT2D eigenvalue weighted by atomic mass is 9.94. The van der Waals surface area contributed by atoms with Crippen molar-refractivity contribution in [1.29, 1.82) is 0 Å². The monoisotopic (exact) mass is 240 g/mol. The Bertz CT molecular complexity index is 406. The van der Waals surface area contributed by atoms with Gasteiger partial charge < -0.3 is 14.6 Å². The van der Waals surface area contributed by atoms with Gasteiger partial charge in [0.2, 0.25) is 0 Å². The van der Waals surface area contributed by atoms with E-state index in [9.17, 15) is 9.50 Å². The molecule has 94 valence electrons. The van der Waals surface area contributed by atoms with Crippen LogP contribution in [0.25, 0.3) is 0 Å². The van der Waals surface area contributed by atoms with E-state index in [1.807, 2.05) is 13.8 Å². The van der Waals surface area contributed by atoms with Gasteiger partial charge in [0.1, 0.15) is 13.2 Å². The lowest BCUT2D eigenvalue weighted by molar-refractivity contribution is 0.108. The fourth-order valence-electron chi connectivity index (χ4n) is 1.86. The molecule has 0 aliphatic carbocycles. The van der Waals surface area contributed by atoms with E-state index < -0.39 is 11.9 Å². The van der Waals surface area contributed by atoms with Crippen molar-refractivity contribution in [2.75, 3.05) is 13.2 Å². The lowest BCUT2D eigenvalue weighted by Gasteiger charge is -2.23. The van der Waals surface area contributed by atoms with Gasteiger partial charge >= 0.3 is 0 Å². The Morgan fingerprint density at radius 1 is 1.35 bits per heavy atom. The van der Waals surface area contributed by atoms with Gasteiger partial charge in [0.15, 0.2) is 17.3 Å². The minimum absolute atomic E-state index is 0.00654. The van der Waals surface area contributed by atoms with E-state index in [0.29, 0.717) is 19.0 Å². The molecule has 0 fully saturated rings. The maximum atomic E-state index is 14.1. The number of hydrogen-bond donors (Lipinski definition) is 1. The molecule has 1 aromatic rings. The van der Waals surface area contributed by atoms with Crippen molar-refractivity contribution in [2.24, 2.45) is 5.92 Å². The van der Waals surface area contributed by atoms with Gasteiger partial charge in [0.05, 0.1) is 6.10 Å². The molecule has 0 bridgehead atoms. The fourth-order valence-corrected chi connectivity index (χ4v) is 1.86. The van der Waals surface area contributed by atoms with E-state index in [0.717, 1.165) is 6.42 Å². The van der Waals surface area contributed by atoms with Crippen LogP contribution in [0.4, 0.5) is 4.39 Å². The highest BCUT2D eigenvalue weighted by molar-refractivity contribution is 5.46. The summed E-state index contributed by atoms with van der Waals surface area (Å²) in [5.74, 6) is 0.0343. The molecule has 1 N–H and O–H groups in total. The van der Waals surface area contributed by atoms with Crippen molar-refractivity contribution in [2.45, 2.75) is 26.4 Å². The number of benzene rings is 1. The average Bonchev–Trinajstić information content (AvgIpc) is 2.38. The third kappa shape index (κ3) is 2.22. The van der Waals surface area contributed by atoms with Crippen LogP contribution in [0, 0.1) is 11.7 Å². The number of halogens is 1. The molecule has 2 atom stereocenters. The van der Waals surface area contributed by atoms with Crippen molar-refractivity contribution >= 4 is 0 Å². The largest absolute Gasteiger partial charge is 0.486 e. The molecule has 17 heavy (non-hydrogen) atoms. The zero-order valence-corrected chi connectivity index (χ0v) is 10.1. The Labute approximate surface area is 100 Å². The molecule has 1 aliphatic heterocycles. The highest BCUT2D eigenvalue weighted by Crippen LogP contribution is 2.38. The van der Waals surface area contributed by atoms with Gasteiger partial charge in [-0.15, -0.1) is 0 Å². The van der Waals surface area contributed by atoms with Crippen LogP contribution in [0.3, 0.4) is 0 Å². The van der Waals surface area contributed by atoms with Gasteiger partial charge in [-0.05, 0) is 18.1 Å². The van der Waals surface area contributed by atoms with Gasteiger partial charge in [-0.3, -0.25) is 0 Å². The average molecular weight is 240 g/mol. The Morgan fingerprint density at radius 2 is 2.06 bits per heavy atom. The van der Waals surface area contributed by atoms with Gasteiger partial charge in [-0.2, -0.15) is 0 Å². The molecule has 1 heterocycles. The smallest absolute Gasteiger partial charge is 0.197 e. The first-order chi connectivity index (χ1) is 8.15. The van der Waals surface area contributed by atoms with Crippen molar-refractivity contribution in [1.82, 2.24) is 0 Å². The second kappa shape index (κ2) is 4.92. The molecule has 4 heteroatoms. The summed E-state index contributed by atoms with van der Waals surface area (Å²) in [7, 11) is 0. The molecule has 0 saturated heterocycles. The first-order valence-electron chi connectivity index (χ1n) is 5.91. The Hall–Kier alpha value is -1.29. The Balaban J connectivity index is 2.36. The third-order valence-electron chi connectivity index (χ3n) is 3.18. The summed E-state index contributed by atoms with van der Waals surface area (Å²) >= 11 is 0. The van der Waals surface area contributed by atoms with Crippen LogP contribution < -0.4 is 9.47 Å². The highest BCUT2D eigenvalue weighted by Gasteiger charge is 2.25. The number of rotatable bonds is 3. The number of fused-ring (bicyclic) bond motifs is 1. The lowest BCUT2D eigenvalue weighted by Crippen LogP contribution is -2.18. The van der Waals surface area contributed by atoms with Crippen molar-refractivity contribution < 1.29 is 19.0 Å². The van der Waals surface area contributed by atoms with E-state index in [1.54, 1.807) is 12.1 Å². The molecule has 0 amide bonds. The van der Waals surface area contributed by atoms with Crippen LogP contribution in [-0.2, 0) is 0 Å². The number of aliphatic hydroxyl groups is 1. The highest BCUT2D eigenvalue weighted by atomic mass is 19.1. The summed E-state index contributed by atoms with van der Waals surface area (Å²) in [6.45, 7) is 4.62. The molecule has 0 radical (unpaired) electrons.